The molecule has 1 amide bonds. The highest BCUT2D eigenvalue weighted by atomic mass is 16.1. The predicted molar refractivity (Wildman–Crippen MR) is 158 cm³/mol. The summed E-state index contributed by atoms with van der Waals surface area (Å²) < 4.78 is 0. The van der Waals surface area contributed by atoms with Gasteiger partial charge in [-0.2, -0.15) is 0 Å². The number of amides is 1. The second kappa shape index (κ2) is 11.2. The minimum Gasteiger partial charge on any atom is -0.395 e. The van der Waals surface area contributed by atoms with Crippen LogP contribution in [0, 0.1) is 0 Å². The molecule has 3 aliphatic rings. The first-order valence-electron chi connectivity index (χ1n) is 14.0. The van der Waals surface area contributed by atoms with Crippen LogP contribution in [0.3, 0.4) is 0 Å². The summed E-state index contributed by atoms with van der Waals surface area (Å²) in [7, 11) is 1.72. The molecule has 1 unspecified atom stereocenters. The number of carbonyl (C=O) groups is 1. The number of pyridine rings is 1. The molecule has 3 aromatic rings. The molecule has 1 atom stereocenters. The largest absolute Gasteiger partial charge is 0.395 e. The zero-order valence-electron chi connectivity index (χ0n) is 22.8. The summed E-state index contributed by atoms with van der Waals surface area (Å²) in [5, 5.41) is 2.86. The van der Waals surface area contributed by atoms with Crippen molar-refractivity contribution in [2.75, 3.05) is 37.0 Å². The topological polar surface area (TPSA) is 135 Å². The number of fused-ring (bicyclic) bond motifs is 3. The fourth-order valence-corrected chi connectivity index (χ4v) is 7.07. The van der Waals surface area contributed by atoms with Crippen molar-refractivity contribution in [3.8, 4) is 0 Å². The molecular weight excluding hydrogens is 486 g/mol. The number of nitrogen functional groups attached to an aromatic ring is 3. The summed E-state index contributed by atoms with van der Waals surface area (Å²) in [5.41, 5.74) is 19.6. The van der Waals surface area contributed by atoms with Crippen molar-refractivity contribution in [1.29, 1.82) is 0 Å². The van der Waals surface area contributed by atoms with Crippen molar-refractivity contribution in [2.24, 2.45) is 5.84 Å². The molecule has 3 saturated carbocycles. The third-order valence-corrected chi connectivity index (χ3v) is 9.39. The van der Waals surface area contributed by atoms with Gasteiger partial charge < -0.3 is 22.2 Å². The van der Waals surface area contributed by atoms with Crippen molar-refractivity contribution < 1.29 is 4.79 Å². The fourth-order valence-electron chi connectivity index (χ4n) is 7.07. The van der Waals surface area contributed by atoms with Gasteiger partial charge in [0.1, 0.15) is 5.82 Å². The summed E-state index contributed by atoms with van der Waals surface area (Å²) in [6.07, 6.45) is 7.54. The number of nitrogens with two attached hydrogens (primary N) is 3. The minimum atomic E-state index is -0.0252. The number of hydrogen-bond acceptors (Lipinski definition) is 7. The van der Waals surface area contributed by atoms with E-state index in [1.807, 2.05) is 24.3 Å². The second-order valence-corrected chi connectivity index (χ2v) is 11.3. The minimum absolute atomic E-state index is 0.0249. The maximum Gasteiger partial charge on any atom is 0.233 e. The lowest BCUT2D eigenvalue weighted by Crippen LogP contribution is -2.59. The zero-order valence-corrected chi connectivity index (χ0v) is 22.8. The highest BCUT2D eigenvalue weighted by Crippen LogP contribution is 2.55. The Labute approximate surface area is 231 Å². The molecule has 8 N–H and O–H groups in total. The van der Waals surface area contributed by atoms with E-state index in [-0.39, 0.29) is 22.8 Å². The molecule has 1 heterocycles. The van der Waals surface area contributed by atoms with Crippen LogP contribution in [0.25, 0.3) is 0 Å². The van der Waals surface area contributed by atoms with Crippen molar-refractivity contribution in [2.45, 2.75) is 61.8 Å². The molecule has 3 fully saturated rings. The van der Waals surface area contributed by atoms with Gasteiger partial charge in [0.25, 0.3) is 0 Å². The maximum absolute atomic E-state index is 12.8. The molecule has 39 heavy (non-hydrogen) atoms. The van der Waals surface area contributed by atoms with E-state index in [2.05, 4.69) is 63.1 Å². The Morgan fingerprint density at radius 3 is 2.18 bits per heavy atom. The van der Waals surface area contributed by atoms with Gasteiger partial charge in [0.05, 0.1) is 12.2 Å². The smallest absolute Gasteiger partial charge is 0.233 e. The van der Waals surface area contributed by atoms with Crippen LogP contribution in [0.1, 0.15) is 67.6 Å². The number of carbonyl (C=O) groups excluding carboxylic acids is 1. The fraction of sp³-hybridized carbons (Fsp3) is 0.419. The van der Waals surface area contributed by atoms with Gasteiger partial charge >= 0.3 is 0 Å². The number of rotatable bonds is 10. The van der Waals surface area contributed by atoms with E-state index in [1.165, 1.54) is 5.56 Å². The molecule has 6 rings (SSSR count). The molecule has 8 heteroatoms. The monoisotopic (exact) mass is 527 g/mol. The summed E-state index contributed by atoms with van der Waals surface area (Å²) in [6, 6.07) is 23.2. The number of benzene rings is 2. The van der Waals surface area contributed by atoms with Gasteiger partial charge in [0.2, 0.25) is 5.91 Å². The summed E-state index contributed by atoms with van der Waals surface area (Å²) >= 11 is 0. The van der Waals surface area contributed by atoms with E-state index < -0.39 is 0 Å². The van der Waals surface area contributed by atoms with E-state index in [0.29, 0.717) is 23.9 Å². The lowest BCUT2D eigenvalue weighted by molar-refractivity contribution is -0.125. The average molecular weight is 528 g/mol. The van der Waals surface area contributed by atoms with E-state index in [0.717, 1.165) is 62.6 Å². The van der Waals surface area contributed by atoms with Gasteiger partial charge in [-0.05, 0) is 73.1 Å². The Balaban J connectivity index is 1.43. The molecule has 1 aromatic heterocycles. The number of hydrogen-bond donors (Lipinski definition) is 5. The van der Waals surface area contributed by atoms with Crippen LogP contribution in [-0.4, -0.2) is 41.5 Å². The first-order valence-corrected chi connectivity index (χ1v) is 14.0. The van der Waals surface area contributed by atoms with Crippen molar-refractivity contribution in [3.63, 3.8) is 0 Å². The molecule has 0 radical (unpaired) electrons. The lowest BCUT2D eigenvalue weighted by Gasteiger charge is -2.58. The van der Waals surface area contributed by atoms with Gasteiger partial charge in [0.15, 0.2) is 5.82 Å². The molecular formula is C31H41N7O. The Bertz CT molecular complexity index is 1260. The quantitative estimate of drug-likeness (QED) is 0.197. The molecule has 0 saturated heterocycles. The molecule has 2 aromatic carbocycles. The average Bonchev–Trinajstić information content (AvgIpc) is 2.99. The highest BCUT2D eigenvalue weighted by Gasteiger charge is 2.52. The normalized spacial score (nSPS) is 22.9. The Hall–Kier alpha value is -3.62. The van der Waals surface area contributed by atoms with Gasteiger partial charge in [-0.3, -0.25) is 9.69 Å². The summed E-state index contributed by atoms with van der Waals surface area (Å²) in [6.45, 7) is 1.15. The first-order chi connectivity index (χ1) is 18.9. The molecule has 3 aliphatic carbocycles. The second-order valence-electron chi connectivity index (χ2n) is 11.3. The van der Waals surface area contributed by atoms with Crippen molar-refractivity contribution >= 4 is 23.2 Å². The first kappa shape index (κ1) is 27.0. The maximum atomic E-state index is 12.8. The van der Waals surface area contributed by atoms with Crippen LogP contribution in [0.2, 0.25) is 0 Å². The third kappa shape index (κ3) is 5.31. The van der Waals surface area contributed by atoms with Crippen molar-refractivity contribution in [3.05, 3.63) is 83.4 Å². The van der Waals surface area contributed by atoms with Gasteiger partial charge in [-0.15, -0.1) is 0 Å². The molecule has 2 bridgehead atoms. The Kier molecular flexibility index (Phi) is 7.77. The predicted octanol–water partition coefficient (Wildman–Crippen LogP) is 4.15. The number of nitrogens with zero attached hydrogens (tertiary/aromatic N) is 2. The van der Waals surface area contributed by atoms with Crippen LogP contribution in [0.5, 0.6) is 0 Å². The van der Waals surface area contributed by atoms with E-state index in [9.17, 15) is 4.79 Å². The van der Waals surface area contributed by atoms with Crippen LogP contribution >= 0.6 is 0 Å². The van der Waals surface area contributed by atoms with Gasteiger partial charge in [-0.1, -0.05) is 60.7 Å². The lowest BCUT2D eigenvalue weighted by atomic mass is 9.54. The molecule has 8 nitrogen and oxygen atoms in total. The van der Waals surface area contributed by atoms with Crippen LogP contribution in [0.4, 0.5) is 17.3 Å². The van der Waals surface area contributed by atoms with E-state index in [1.54, 1.807) is 7.05 Å². The number of likely N-dealkylation sites (N-methyl/N-ethyl adjacent to an activating group) is 1. The molecule has 0 aliphatic heterocycles. The van der Waals surface area contributed by atoms with Crippen LogP contribution in [-0.2, 0) is 10.2 Å². The van der Waals surface area contributed by atoms with Gasteiger partial charge in [-0.25, -0.2) is 10.8 Å². The Morgan fingerprint density at radius 2 is 1.59 bits per heavy atom. The molecule has 0 spiro atoms. The SMILES string of the molecule is CNC(=O)CN(CCC(c1ccccc1)c1cc(N)nc(NN)c1N)C12CCC(c3ccccc3)(CC1)CC2. The molecule has 206 valence electrons. The standard InChI is InChI=1S/C31H41N7O/c1-35-27(39)21-38(31-16-13-30(14-17-31,15-18-31)23-10-6-3-7-11-23)19-12-24(22-8-4-2-5-9-22)25-20-26(32)36-29(37-34)28(25)33/h2-11,20,24H,12-19,21,33-34H2,1H3,(H,35,39)(H3,32,36,37). The van der Waals surface area contributed by atoms with Crippen molar-refractivity contribution in [1.82, 2.24) is 15.2 Å². The van der Waals surface area contributed by atoms with Crippen LogP contribution in [0.15, 0.2) is 66.7 Å². The highest BCUT2D eigenvalue weighted by molar-refractivity contribution is 5.77. The van der Waals surface area contributed by atoms with Crippen LogP contribution < -0.4 is 28.1 Å². The summed E-state index contributed by atoms with van der Waals surface area (Å²) in [4.78, 5) is 19.5. The van der Waals surface area contributed by atoms with E-state index in [4.69, 9.17) is 17.3 Å². The number of aromatic nitrogens is 1. The number of nitrogens with one attached hydrogen (secondary N) is 2. The zero-order chi connectivity index (χ0) is 27.5. The van der Waals surface area contributed by atoms with E-state index >= 15 is 0 Å². The third-order valence-electron chi connectivity index (χ3n) is 9.39. The summed E-state index contributed by atoms with van der Waals surface area (Å²) in [5.74, 6) is 6.48. The Morgan fingerprint density at radius 1 is 0.974 bits per heavy atom. The number of anilines is 3. The number of hydrazine groups is 1. The van der Waals surface area contributed by atoms with Gasteiger partial charge in [0, 0.05) is 25.0 Å².